The number of nitrogens with zero attached hydrogens (tertiary/aromatic N) is 1. The number of hydrogen-bond donors (Lipinski definition) is 1. The molecule has 0 spiro atoms. The largest absolute Gasteiger partial charge is 0.361 e. The van der Waals surface area contributed by atoms with Gasteiger partial charge in [0.1, 0.15) is 11.5 Å². The van der Waals surface area contributed by atoms with E-state index >= 15 is 0 Å². The Morgan fingerprint density at radius 2 is 2.04 bits per heavy atom. The fourth-order valence-electron chi connectivity index (χ4n) is 4.05. The lowest BCUT2D eigenvalue weighted by Crippen LogP contribution is -2.34. The van der Waals surface area contributed by atoms with Crippen LogP contribution in [-0.4, -0.2) is 21.0 Å². The van der Waals surface area contributed by atoms with Crippen LogP contribution in [0.3, 0.4) is 0 Å². The van der Waals surface area contributed by atoms with Crippen LogP contribution in [-0.2, 0) is 40.6 Å². The average Bonchev–Trinajstić information content (AvgIpc) is 3.05. The maximum absolute atomic E-state index is 12.5. The predicted molar refractivity (Wildman–Crippen MR) is 100 cm³/mol. The zero-order valence-corrected chi connectivity index (χ0v) is 15.6. The van der Waals surface area contributed by atoms with Gasteiger partial charge >= 0.3 is 0 Å². The number of hydrogen-bond acceptors (Lipinski definition) is 4. The number of carbonyl (C=O) groups excluding carboxylic acids is 1. The fourth-order valence-corrected chi connectivity index (χ4v) is 5.06. The summed E-state index contributed by atoms with van der Waals surface area (Å²) in [5, 5.41) is 7.16. The second kappa shape index (κ2) is 7.74. The zero-order chi connectivity index (χ0) is 17.9. The number of carbonyl (C=O) groups is 1. The lowest BCUT2D eigenvalue weighted by Gasteiger charge is -2.26. The Hall–Kier alpha value is -1.95. The number of rotatable bonds is 5. The normalized spacial score (nSPS) is 20.1. The summed E-state index contributed by atoms with van der Waals surface area (Å²) in [6, 6.07) is 8.29. The molecule has 5 nitrogen and oxygen atoms in total. The number of fused-ring (bicyclic) bond motifs is 2. The van der Waals surface area contributed by atoms with Gasteiger partial charge in [-0.05, 0) is 49.7 Å². The molecule has 2 aliphatic carbocycles. The van der Waals surface area contributed by atoms with Gasteiger partial charge < -0.3 is 9.84 Å². The lowest BCUT2D eigenvalue weighted by atomic mass is 9.88. The fraction of sp³-hybridized carbons (Fsp3) is 0.500. The standard InChI is InChI=1S/C20H24N2O3S/c23-20(21-17-10-5-7-14-6-1-2-8-15(14)17)13-26(24)12-18-16-9-3-4-11-19(16)25-22-18/h1-2,6,8,17H,3-5,7,9-13H2,(H,21,23). The third-order valence-corrected chi connectivity index (χ3v) is 6.51. The first-order chi connectivity index (χ1) is 12.7. The molecule has 0 radical (unpaired) electrons. The van der Waals surface area contributed by atoms with Crippen LogP contribution in [0.2, 0.25) is 0 Å². The number of aryl methyl sites for hydroxylation is 2. The molecule has 2 atom stereocenters. The Bertz CT molecular complexity index is 830. The molecule has 1 heterocycles. The van der Waals surface area contributed by atoms with Crippen molar-refractivity contribution in [3.05, 3.63) is 52.4 Å². The summed E-state index contributed by atoms with van der Waals surface area (Å²) in [5.74, 6) is 1.10. The maximum atomic E-state index is 12.5. The Morgan fingerprint density at radius 3 is 2.96 bits per heavy atom. The molecule has 0 saturated carbocycles. The van der Waals surface area contributed by atoms with Crippen molar-refractivity contribution in [2.24, 2.45) is 0 Å². The first-order valence-electron chi connectivity index (χ1n) is 9.39. The smallest absolute Gasteiger partial charge is 0.233 e. The van der Waals surface area contributed by atoms with Crippen molar-refractivity contribution < 1.29 is 13.5 Å². The molecular formula is C20H24N2O3S. The van der Waals surface area contributed by atoms with Crippen LogP contribution < -0.4 is 5.32 Å². The monoisotopic (exact) mass is 372 g/mol. The van der Waals surface area contributed by atoms with Crippen LogP contribution in [0.15, 0.2) is 28.8 Å². The number of amides is 1. The summed E-state index contributed by atoms with van der Waals surface area (Å²) in [6.45, 7) is 0. The third kappa shape index (κ3) is 3.75. The number of nitrogens with one attached hydrogen (secondary N) is 1. The molecular weight excluding hydrogens is 348 g/mol. The van der Waals surface area contributed by atoms with Crippen LogP contribution in [0.1, 0.15) is 59.9 Å². The van der Waals surface area contributed by atoms with E-state index in [0.29, 0.717) is 5.75 Å². The quantitative estimate of drug-likeness (QED) is 0.876. The Kier molecular flexibility index (Phi) is 5.20. The van der Waals surface area contributed by atoms with Gasteiger partial charge in [0, 0.05) is 22.8 Å². The molecule has 0 aliphatic heterocycles. The molecule has 2 aliphatic rings. The second-order valence-electron chi connectivity index (χ2n) is 7.18. The molecule has 138 valence electrons. The highest BCUT2D eigenvalue weighted by molar-refractivity contribution is 7.84. The van der Waals surface area contributed by atoms with E-state index in [-0.39, 0.29) is 17.7 Å². The minimum Gasteiger partial charge on any atom is -0.361 e. The molecule has 0 fully saturated rings. The lowest BCUT2D eigenvalue weighted by molar-refractivity contribution is -0.119. The van der Waals surface area contributed by atoms with Gasteiger partial charge in [0.2, 0.25) is 5.91 Å². The molecule has 4 rings (SSSR count). The first-order valence-corrected chi connectivity index (χ1v) is 10.9. The van der Waals surface area contributed by atoms with Gasteiger partial charge in [-0.1, -0.05) is 29.4 Å². The van der Waals surface area contributed by atoms with Gasteiger partial charge in [0.05, 0.1) is 17.5 Å². The topological polar surface area (TPSA) is 72.2 Å². The molecule has 1 aromatic heterocycles. The van der Waals surface area contributed by atoms with Gasteiger partial charge in [-0.2, -0.15) is 0 Å². The van der Waals surface area contributed by atoms with Crippen molar-refractivity contribution in [3.8, 4) is 0 Å². The highest BCUT2D eigenvalue weighted by Crippen LogP contribution is 2.29. The van der Waals surface area contributed by atoms with E-state index in [1.54, 1.807) is 0 Å². The van der Waals surface area contributed by atoms with Gasteiger partial charge in [0.25, 0.3) is 0 Å². The predicted octanol–water partition coefficient (Wildman–Crippen LogP) is 3.00. The molecule has 0 bridgehead atoms. The van der Waals surface area contributed by atoms with Gasteiger partial charge in [0.15, 0.2) is 0 Å². The third-order valence-electron chi connectivity index (χ3n) is 5.33. The Balaban J connectivity index is 1.35. The summed E-state index contributed by atoms with van der Waals surface area (Å²) in [7, 11) is -1.27. The molecule has 2 unspecified atom stereocenters. The van der Waals surface area contributed by atoms with Crippen molar-refractivity contribution >= 4 is 16.7 Å². The van der Waals surface area contributed by atoms with E-state index < -0.39 is 10.8 Å². The molecule has 0 saturated heterocycles. The molecule has 2 aromatic rings. The maximum Gasteiger partial charge on any atom is 0.233 e. The number of aromatic nitrogens is 1. The molecule has 1 aromatic carbocycles. The van der Waals surface area contributed by atoms with E-state index in [0.717, 1.165) is 62.0 Å². The first kappa shape index (κ1) is 17.5. The van der Waals surface area contributed by atoms with E-state index in [2.05, 4.69) is 22.6 Å². The summed E-state index contributed by atoms with van der Waals surface area (Å²) in [4.78, 5) is 12.4. The highest BCUT2D eigenvalue weighted by Gasteiger charge is 2.24. The molecule has 1 amide bonds. The van der Waals surface area contributed by atoms with Crippen LogP contribution >= 0.6 is 0 Å². The van der Waals surface area contributed by atoms with E-state index in [1.807, 2.05) is 12.1 Å². The summed E-state index contributed by atoms with van der Waals surface area (Å²) in [6.07, 6.45) is 7.16. The van der Waals surface area contributed by atoms with Crippen LogP contribution in [0.4, 0.5) is 0 Å². The Morgan fingerprint density at radius 1 is 1.19 bits per heavy atom. The summed E-state index contributed by atoms with van der Waals surface area (Å²) >= 11 is 0. The highest BCUT2D eigenvalue weighted by atomic mass is 32.2. The molecule has 26 heavy (non-hydrogen) atoms. The minimum atomic E-state index is -1.27. The van der Waals surface area contributed by atoms with Crippen molar-refractivity contribution in [1.29, 1.82) is 0 Å². The SMILES string of the molecule is O=C(CS(=O)Cc1noc2c1CCCC2)NC1CCCc2ccccc21. The average molecular weight is 372 g/mol. The van der Waals surface area contributed by atoms with Crippen LogP contribution in [0, 0.1) is 0 Å². The molecule has 6 heteroatoms. The van der Waals surface area contributed by atoms with Gasteiger partial charge in [-0.3, -0.25) is 9.00 Å². The van der Waals surface area contributed by atoms with Gasteiger partial charge in [-0.25, -0.2) is 0 Å². The van der Waals surface area contributed by atoms with Crippen molar-refractivity contribution in [2.45, 2.75) is 56.7 Å². The summed E-state index contributed by atoms with van der Waals surface area (Å²) < 4.78 is 17.8. The van der Waals surface area contributed by atoms with Crippen molar-refractivity contribution in [2.75, 3.05) is 5.75 Å². The van der Waals surface area contributed by atoms with Gasteiger partial charge in [-0.15, -0.1) is 0 Å². The van der Waals surface area contributed by atoms with E-state index in [1.165, 1.54) is 11.1 Å². The van der Waals surface area contributed by atoms with Crippen molar-refractivity contribution in [1.82, 2.24) is 10.5 Å². The van der Waals surface area contributed by atoms with Crippen molar-refractivity contribution in [3.63, 3.8) is 0 Å². The minimum absolute atomic E-state index is 0.0142. The second-order valence-corrected chi connectivity index (χ2v) is 8.63. The zero-order valence-electron chi connectivity index (χ0n) is 14.8. The van der Waals surface area contributed by atoms with E-state index in [9.17, 15) is 9.00 Å². The van der Waals surface area contributed by atoms with Crippen LogP contribution in [0.25, 0.3) is 0 Å². The van der Waals surface area contributed by atoms with Crippen LogP contribution in [0.5, 0.6) is 0 Å². The Labute approximate surface area is 156 Å². The summed E-state index contributed by atoms with van der Waals surface area (Å²) in [5.41, 5.74) is 4.39. The number of benzene rings is 1. The van der Waals surface area contributed by atoms with E-state index in [4.69, 9.17) is 4.52 Å². The molecule has 1 N–H and O–H groups in total.